The highest BCUT2D eigenvalue weighted by Crippen LogP contribution is 2.42. The lowest BCUT2D eigenvalue weighted by Crippen LogP contribution is -2.66. The molecule has 0 unspecified atom stereocenters. The Morgan fingerprint density at radius 1 is 1.19 bits per heavy atom. The second-order valence-electron chi connectivity index (χ2n) is 9.03. The highest BCUT2D eigenvalue weighted by atomic mass is 16.2. The third kappa shape index (κ3) is 3.54. The van der Waals surface area contributed by atoms with Crippen molar-refractivity contribution in [2.75, 3.05) is 33.7 Å². The summed E-state index contributed by atoms with van der Waals surface area (Å²) in [5, 5.41) is 0. The maximum Gasteiger partial charge on any atom is 0.223 e. The van der Waals surface area contributed by atoms with Crippen molar-refractivity contribution in [2.45, 2.75) is 51.2 Å². The molecule has 0 saturated carbocycles. The second-order valence-corrected chi connectivity index (χ2v) is 9.03. The molecule has 142 valence electrons. The molecule has 4 rings (SSSR count). The summed E-state index contributed by atoms with van der Waals surface area (Å²) in [5.74, 6) is 1.68. The molecule has 26 heavy (non-hydrogen) atoms. The molecule has 1 aromatic carbocycles. The molecule has 4 atom stereocenters. The van der Waals surface area contributed by atoms with Crippen molar-refractivity contribution < 1.29 is 4.79 Å². The molecule has 1 aromatic rings. The predicted octanol–water partition coefficient (Wildman–Crippen LogP) is 2.76. The number of carbonyl (C=O) groups excluding carboxylic acids is 1. The first kappa shape index (κ1) is 18.0. The number of benzene rings is 1. The van der Waals surface area contributed by atoms with Crippen molar-refractivity contribution >= 4 is 5.91 Å². The van der Waals surface area contributed by atoms with Gasteiger partial charge in [-0.2, -0.15) is 0 Å². The lowest BCUT2D eigenvalue weighted by atomic mass is 9.72. The lowest BCUT2D eigenvalue weighted by Gasteiger charge is -2.57. The van der Waals surface area contributed by atoms with Crippen LogP contribution in [0.5, 0.6) is 0 Å². The molecule has 3 aliphatic heterocycles. The smallest absolute Gasteiger partial charge is 0.223 e. The fraction of sp³-hybridized carbons (Fsp3) is 0.682. The molecule has 3 heterocycles. The molecule has 3 fully saturated rings. The van der Waals surface area contributed by atoms with Gasteiger partial charge < -0.3 is 9.80 Å². The molecule has 3 aliphatic rings. The summed E-state index contributed by atoms with van der Waals surface area (Å²) in [5.41, 5.74) is 2.76. The van der Waals surface area contributed by atoms with Crippen molar-refractivity contribution in [1.29, 1.82) is 0 Å². The Morgan fingerprint density at radius 3 is 2.77 bits per heavy atom. The van der Waals surface area contributed by atoms with Gasteiger partial charge in [-0.15, -0.1) is 0 Å². The minimum Gasteiger partial charge on any atom is -0.335 e. The number of rotatable bonds is 4. The quantitative estimate of drug-likeness (QED) is 0.831. The Hall–Kier alpha value is -1.39. The van der Waals surface area contributed by atoms with Crippen LogP contribution >= 0.6 is 0 Å². The van der Waals surface area contributed by atoms with E-state index in [0.29, 0.717) is 29.8 Å². The monoisotopic (exact) mass is 355 g/mol. The number of nitrogens with zero attached hydrogens (tertiary/aromatic N) is 3. The van der Waals surface area contributed by atoms with Crippen molar-refractivity contribution in [3.63, 3.8) is 0 Å². The molecule has 0 aromatic heterocycles. The summed E-state index contributed by atoms with van der Waals surface area (Å²) in [7, 11) is 4.28. The molecule has 1 amide bonds. The molecule has 0 spiro atoms. The van der Waals surface area contributed by atoms with Gasteiger partial charge in [-0.3, -0.25) is 9.69 Å². The van der Waals surface area contributed by atoms with E-state index in [4.69, 9.17) is 0 Å². The number of likely N-dealkylation sites (N-methyl/N-ethyl adjacent to an activating group) is 1. The zero-order chi connectivity index (χ0) is 18.3. The van der Waals surface area contributed by atoms with Gasteiger partial charge in [0, 0.05) is 44.7 Å². The average Bonchev–Trinajstić information content (AvgIpc) is 2.58. The largest absolute Gasteiger partial charge is 0.335 e. The minimum atomic E-state index is 0.388. The van der Waals surface area contributed by atoms with Gasteiger partial charge in [-0.25, -0.2) is 0 Å². The van der Waals surface area contributed by atoms with Crippen LogP contribution in [0, 0.1) is 18.8 Å². The van der Waals surface area contributed by atoms with E-state index in [0.717, 1.165) is 39.0 Å². The van der Waals surface area contributed by atoms with Crippen LogP contribution in [0.2, 0.25) is 0 Å². The fourth-order valence-corrected chi connectivity index (χ4v) is 5.68. The van der Waals surface area contributed by atoms with Crippen molar-refractivity contribution in [2.24, 2.45) is 11.8 Å². The molecular formula is C22H33N3O. The third-order valence-corrected chi connectivity index (χ3v) is 6.61. The third-order valence-electron chi connectivity index (χ3n) is 6.61. The van der Waals surface area contributed by atoms with E-state index in [9.17, 15) is 4.79 Å². The summed E-state index contributed by atoms with van der Waals surface area (Å²) in [6.07, 6.45) is 4.34. The number of hydrogen-bond acceptors (Lipinski definition) is 3. The number of hydrogen-bond donors (Lipinski definition) is 0. The second kappa shape index (κ2) is 7.32. The SMILES string of the molecule is Cc1cccc(CN2C[C@H]3C[C@@H](C2)[C@H](CN(C)C)N2C(=O)CCC[C@@H]32)c1. The Balaban J connectivity index is 1.55. The Kier molecular flexibility index (Phi) is 5.07. The summed E-state index contributed by atoms with van der Waals surface area (Å²) in [6.45, 7) is 6.49. The van der Waals surface area contributed by atoms with E-state index in [1.54, 1.807) is 0 Å². The van der Waals surface area contributed by atoms with E-state index >= 15 is 0 Å². The number of likely N-dealkylation sites (tertiary alicyclic amines) is 1. The number of amides is 1. The van der Waals surface area contributed by atoms with E-state index in [1.807, 2.05) is 0 Å². The fourth-order valence-electron chi connectivity index (χ4n) is 5.68. The normalized spacial score (nSPS) is 32.0. The Morgan fingerprint density at radius 2 is 2.00 bits per heavy atom. The van der Waals surface area contributed by atoms with Crippen molar-refractivity contribution in [1.82, 2.24) is 14.7 Å². The van der Waals surface area contributed by atoms with Gasteiger partial charge in [0.2, 0.25) is 5.91 Å². The minimum absolute atomic E-state index is 0.388. The molecular weight excluding hydrogens is 322 g/mol. The van der Waals surface area contributed by atoms with Crippen LogP contribution in [-0.2, 0) is 11.3 Å². The maximum absolute atomic E-state index is 12.8. The summed E-state index contributed by atoms with van der Waals surface area (Å²) in [4.78, 5) is 20.0. The van der Waals surface area contributed by atoms with Gasteiger partial charge in [-0.1, -0.05) is 29.8 Å². The van der Waals surface area contributed by atoms with E-state index in [1.165, 1.54) is 24.0 Å². The van der Waals surface area contributed by atoms with Gasteiger partial charge >= 0.3 is 0 Å². The van der Waals surface area contributed by atoms with Crippen molar-refractivity contribution in [3.8, 4) is 0 Å². The summed E-state index contributed by atoms with van der Waals surface area (Å²) in [6, 6.07) is 9.78. The number of piperidine rings is 3. The molecule has 4 nitrogen and oxygen atoms in total. The summed E-state index contributed by atoms with van der Waals surface area (Å²) < 4.78 is 0. The number of aryl methyl sites for hydroxylation is 1. The predicted molar refractivity (Wildman–Crippen MR) is 105 cm³/mol. The van der Waals surface area contributed by atoms with Crippen LogP contribution < -0.4 is 0 Å². The highest BCUT2D eigenvalue weighted by Gasteiger charge is 2.49. The molecule has 3 saturated heterocycles. The van der Waals surface area contributed by atoms with E-state index in [-0.39, 0.29) is 0 Å². The van der Waals surface area contributed by atoms with E-state index < -0.39 is 0 Å². The standard InChI is InChI=1S/C22H33N3O/c1-16-6-4-7-17(10-16)12-24-13-18-11-19(14-24)21(15-23(2)3)25-20(18)8-5-9-22(25)26/h4,6-7,10,18-21H,5,8-9,11-15H2,1-3H3/t18-,19+,20+,21+/m1/s1. The molecule has 2 bridgehead atoms. The number of fused-ring (bicyclic) bond motifs is 4. The Labute approximate surface area is 158 Å². The maximum atomic E-state index is 12.8. The molecule has 0 N–H and O–H groups in total. The number of carbonyl (C=O) groups is 1. The highest BCUT2D eigenvalue weighted by molar-refractivity contribution is 5.78. The van der Waals surface area contributed by atoms with Crippen LogP contribution in [0.4, 0.5) is 0 Å². The van der Waals surface area contributed by atoms with Crippen LogP contribution in [0.1, 0.15) is 36.8 Å². The van der Waals surface area contributed by atoms with Gasteiger partial charge in [-0.05, 0) is 57.7 Å². The first-order valence-corrected chi connectivity index (χ1v) is 10.2. The van der Waals surface area contributed by atoms with Gasteiger partial charge in [0.15, 0.2) is 0 Å². The zero-order valence-electron chi connectivity index (χ0n) is 16.5. The van der Waals surface area contributed by atoms with Gasteiger partial charge in [0.05, 0.1) is 0 Å². The van der Waals surface area contributed by atoms with Crippen LogP contribution in [-0.4, -0.2) is 66.4 Å². The van der Waals surface area contributed by atoms with Gasteiger partial charge in [0.1, 0.15) is 0 Å². The van der Waals surface area contributed by atoms with Crippen LogP contribution in [0.3, 0.4) is 0 Å². The molecule has 4 heteroatoms. The van der Waals surface area contributed by atoms with Crippen molar-refractivity contribution in [3.05, 3.63) is 35.4 Å². The van der Waals surface area contributed by atoms with Gasteiger partial charge in [0.25, 0.3) is 0 Å². The van der Waals surface area contributed by atoms with E-state index in [2.05, 4.69) is 60.0 Å². The topological polar surface area (TPSA) is 26.8 Å². The average molecular weight is 356 g/mol. The zero-order valence-corrected chi connectivity index (χ0v) is 16.5. The van der Waals surface area contributed by atoms with Crippen LogP contribution in [0.15, 0.2) is 24.3 Å². The lowest BCUT2D eigenvalue weighted by molar-refractivity contribution is -0.153. The first-order chi connectivity index (χ1) is 12.5. The van der Waals surface area contributed by atoms with Crippen LogP contribution in [0.25, 0.3) is 0 Å². The summed E-state index contributed by atoms with van der Waals surface area (Å²) >= 11 is 0. The first-order valence-electron chi connectivity index (χ1n) is 10.2. The molecule has 0 radical (unpaired) electrons. The molecule has 0 aliphatic carbocycles. The Bertz CT molecular complexity index is 659.